The van der Waals surface area contributed by atoms with Crippen LogP contribution in [0, 0.1) is 11.8 Å². The number of nitrogens with one attached hydrogen (secondary N) is 1. The first kappa shape index (κ1) is 24.9. The van der Waals surface area contributed by atoms with Gasteiger partial charge in [0.25, 0.3) is 11.8 Å². The third kappa shape index (κ3) is 5.55. The number of hydrogen-bond donors (Lipinski definition) is 1. The zero-order chi connectivity index (χ0) is 24.9. The molecule has 2 fully saturated rings. The molecule has 0 spiro atoms. The van der Waals surface area contributed by atoms with Crippen molar-refractivity contribution in [1.29, 1.82) is 0 Å². The third-order valence-electron chi connectivity index (χ3n) is 7.33. The molecule has 0 saturated carbocycles. The van der Waals surface area contributed by atoms with Gasteiger partial charge in [-0.2, -0.15) is 0 Å². The number of hydrogen-bond acceptors (Lipinski definition) is 5. The number of likely N-dealkylation sites (tertiary alicyclic amines) is 1. The summed E-state index contributed by atoms with van der Waals surface area (Å²) >= 11 is 0. The quantitative estimate of drug-likeness (QED) is 0.627. The molecule has 35 heavy (non-hydrogen) atoms. The highest BCUT2D eigenvalue weighted by molar-refractivity contribution is 6.09. The predicted molar refractivity (Wildman–Crippen MR) is 139 cm³/mol. The largest absolute Gasteiger partial charge is 0.496 e. The van der Waals surface area contributed by atoms with Gasteiger partial charge in [-0.05, 0) is 67.9 Å². The van der Waals surface area contributed by atoms with E-state index in [0.717, 1.165) is 57.5 Å². The summed E-state index contributed by atoms with van der Waals surface area (Å²) in [6.45, 7) is 7.93. The highest BCUT2D eigenvalue weighted by atomic mass is 16.5. The van der Waals surface area contributed by atoms with Crippen LogP contribution in [0.15, 0.2) is 36.4 Å². The van der Waals surface area contributed by atoms with Gasteiger partial charge >= 0.3 is 0 Å². The Morgan fingerprint density at radius 3 is 2.00 bits per heavy atom. The fraction of sp³-hybridized carbons (Fsp3) is 0.500. The molecule has 7 nitrogen and oxygen atoms in total. The molecule has 0 aliphatic carbocycles. The molecule has 2 aliphatic heterocycles. The van der Waals surface area contributed by atoms with Crippen LogP contribution < -0.4 is 19.7 Å². The van der Waals surface area contributed by atoms with Gasteiger partial charge in [-0.15, -0.1) is 0 Å². The second-order valence-electron chi connectivity index (χ2n) is 9.87. The summed E-state index contributed by atoms with van der Waals surface area (Å²) < 4.78 is 10.8. The van der Waals surface area contributed by atoms with E-state index >= 15 is 0 Å². The Hall–Kier alpha value is -3.22. The lowest BCUT2D eigenvalue weighted by Gasteiger charge is -2.35. The van der Waals surface area contributed by atoms with Crippen molar-refractivity contribution < 1.29 is 19.1 Å². The van der Waals surface area contributed by atoms with Gasteiger partial charge < -0.3 is 24.6 Å². The number of anilines is 2. The summed E-state index contributed by atoms with van der Waals surface area (Å²) in [5.74, 6) is 1.90. The van der Waals surface area contributed by atoms with Gasteiger partial charge in [0.2, 0.25) is 0 Å². The summed E-state index contributed by atoms with van der Waals surface area (Å²) in [7, 11) is 3.05. The number of carbonyl (C=O) groups is 2. The van der Waals surface area contributed by atoms with Gasteiger partial charge in [-0.25, -0.2) is 0 Å². The summed E-state index contributed by atoms with van der Waals surface area (Å²) in [6, 6.07) is 10.9. The Kier molecular flexibility index (Phi) is 7.83. The fourth-order valence-electron chi connectivity index (χ4n) is 4.96. The van der Waals surface area contributed by atoms with Crippen molar-refractivity contribution in [1.82, 2.24) is 4.90 Å². The molecule has 188 valence electrons. The van der Waals surface area contributed by atoms with Gasteiger partial charge in [-0.3, -0.25) is 9.59 Å². The van der Waals surface area contributed by atoms with E-state index in [1.54, 1.807) is 18.2 Å². The Bertz CT molecular complexity index is 1030. The van der Waals surface area contributed by atoms with Crippen LogP contribution in [0.5, 0.6) is 11.5 Å². The minimum absolute atomic E-state index is 0.0384. The minimum Gasteiger partial charge on any atom is -0.496 e. The van der Waals surface area contributed by atoms with Crippen LogP contribution in [0.3, 0.4) is 0 Å². The van der Waals surface area contributed by atoms with Gasteiger partial charge in [0.05, 0.1) is 19.8 Å². The lowest BCUT2D eigenvalue weighted by atomic mass is 9.96. The van der Waals surface area contributed by atoms with Gasteiger partial charge in [0.15, 0.2) is 0 Å². The molecule has 2 aromatic carbocycles. The highest BCUT2D eigenvalue weighted by Crippen LogP contribution is 2.33. The maximum atomic E-state index is 13.7. The lowest BCUT2D eigenvalue weighted by Crippen LogP contribution is -2.40. The average molecular weight is 480 g/mol. The third-order valence-corrected chi connectivity index (χ3v) is 7.33. The topological polar surface area (TPSA) is 71.1 Å². The Labute approximate surface area is 208 Å². The number of amides is 2. The number of benzene rings is 2. The maximum absolute atomic E-state index is 13.7. The molecule has 0 aromatic heterocycles. The van der Waals surface area contributed by atoms with Crippen molar-refractivity contribution in [3.05, 3.63) is 47.5 Å². The minimum atomic E-state index is -0.343. The van der Waals surface area contributed by atoms with Crippen LogP contribution in [-0.4, -0.2) is 57.1 Å². The van der Waals surface area contributed by atoms with Gasteiger partial charge in [0.1, 0.15) is 17.1 Å². The molecule has 0 atom stereocenters. The van der Waals surface area contributed by atoms with E-state index in [2.05, 4.69) is 24.1 Å². The molecule has 0 bridgehead atoms. The monoisotopic (exact) mass is 479 g/mol. The highest BCUT2D eigenvalue weighted by Gasteiger charge is 2.27. The molecule has 4 rings (SSSR count). The first-order chi connectivity index (χ1) is 16.9. The molecule has 7 heteroatoms. The number of nitrogens with zero attached hydrogens (tertiary/aromatic N) is 2. The summed E-state index contributed by atoms with van der Waals surface area (Å²) in [5.41, 5.74) is 2.50. The van der Waals surface area contributed by atoms with E-state index < -0.39 is 0 Å². The van der Waals surface area contributed by atoms with Crippen LogP contribution >= 0.6 is 0 Å². The fourth-order valence-corrected chi connectivity index (χ4v) is 4.96. The SMILES string of the molecule is COc1cccc(OC)c1C(=O)Nc1ccc(N2CCC(C)CC2)c(C(=O)N2CCC(C)CC2)c1. The summed E-state index contributed by atoms with van der Waals surface area (Å²) in [4.78, 5) is 31.2. The van der Waals surface area contributed by atoms with Crippen LogP contribution in [-0.2, 0) is 0 Å². The van der Waals surface area contributed by atoms with Crippen LogP contribution in [0.1, 0.15) is 60.2 Å². The molecule has 2 aromatic rings. The average Bonchev–Trinajstić information content (AvgIpc) is 2.88. The van der Waals surface area contributed by atoms with Gasteiger partial charge in [-0.1, -0.05) is 19.9 Å². The zero-order valence-electron chi connectivity index (χ0n) is 21.3. The molecular formula is C28H37N3O4. The zero-order valence-corrected chi connectivity index (χ0v) is 21.3. The normalized spacial score (nSPS) is 17.3. The molecular weight excluding hydrogens is 442 g/mol. The smallest absolute Gasteiger partial charge is 0.263 e. The first-order valence-electron chi connectivity index (χ1n) is 12.6. The number of rotatable bonds is 6. The Morgan fingerprint density at radius 2 is 1.43 bits per heavy atom. The molecule has 2 amide bonds. The van der Waals surface area contributed by atoms with Crippen molar-refractivity contribution in [2.45, 2.75) is 39.5 Å². The summed E-state index contributed by atoms with van der Waals surface area (Å²) in [6.07, 6.45) is 4.26. The Balaban J connectivity index is 1.64. The van der Waals surface area contributed by atoms with E-state index in [4.69, 9.17) is 9.47 Å². The maximum Gasteiger partial charge on any atom is 0.263 e. The number of carbonyl (C=O) groups excluding carboxylic acids is 2. The van der Waals surface area contributed by atoms with Gasteiger partial charge in [0, 0.05) is 37.6 Å². The van der Waals surface area contributed by atoms with Crippen LogP contribution in [0.4, 0.5) is 11.4 Å². The molecule has 2 saturated heterocycles. The molecule has 0 radical (unpaired) electrons. The number of methoxy groups -OCH3 is 2. The Morgan fingerprint density at radius 1 is 0.857 bits per heavy atom. The molecule has 1 N–H and O–H groups in total. The first-order valence-corrected chi connectivity index (χ1v) is 12.6. The molecule has 2 aliphatic rings. The number of piperidine rings is 2. The van der Waals surface area contributed by atoms with Crippen molar-refractivity contribution in [2.24, 2.45) is 11.8 Å². The van der Waals surface area contributed by atoms with E-state index in [-0.39, 0.29) is 11.8 Å². The van der Waals surface area contributed by atoms with E-state index in [9.17, 15) is 9.59 Å². The second kappa shape index (κ2) is 11.0. The number of ether oxygens (including phenoxy) is 2. The van der Waals surface area contributed by atoms with Crippen molar-refractivity contribution >= 4 is 23.2 Å². The van der Waals surface area contributed by atoms with E-state index in [0.29, 0.717) is 40.1 Å². The second-order valence-corrected chi connectivity index (χ2v) is 9.87. The lowest BCUT2D eigenvalue weighted by molar-refractivity contribution is 0.0697. The molecule has 2 heterocycles. The van der Waals surface area contributed by atoms with Crippen LogP contribution in [0.25, 0.3) is 0 Å². The van der Waals surface area contributed by atoms with Crippen LogP contribution in [0.2, 0.25) is 0 Å². The van der Waals surface area contributed by atoms with E-state index in [1.165, 1.54) is 14.2 Å². The molecule has 0 unspecified atom stereocenters. The van der Waals surface area contributed by atoms with E-state index in [1.807, 2.05) is 23.1 Å². The van der Waals surface area contributed by atoms with Crippen molar-refractivity contribution in [3.63, 3.8) is 0 Å². The van der Waals surface area contributed by atoms with Crippen molar-refractivity contribution in [2.75, 3.05) is 50.6 Å². The standard InChI is InChI=1S/C28H37N3O4/c1-19-10-14-30(15-11-19)23-9-8-21(18-22(23)28(33)31-16-12-20(2)13-17-31)29-27(32)26-24(34-3)6-5-7-25(26)35-4/h5-9,18-20H,10-17H2,1-4H3,(H,29,32). The summed E-state index contributed by atoms with van der Waals surface area (Å²) in [5, 5.41) is 2.96. The van der Waals surface area contributed by atoms with Crippen molar-refractivity contribution in [3.8, 4) is 11.5 Å². The predicted octanol–water partition coefficient (Wildman–Crippen LogP) is 5.06.